The van der Waals surface area contributed by atoms with Gasteiger partial charge in [0.05, 0.1) is 10.1 Å². The Hall–Kier alpha value is -1.38. The Morgan fingerprint density at radius 3 is 2.61 bits per heavy atom. The fourth-order valence-electron chi connectivity index (χ4n) is 2.16. The van der Waals surface area contributed by atoms with Crippen LogP contribution in [0.15, 0.2) is 39.6 Å². The molecule has 0 unspecified atom stereocenters. The molecule has 0 N–H and O–H groups in total. The number of carbonyl (C=O) groups excluding carboxylic acids is 1. The quantitative estimate of drug-likeness (QED) is 0.700. The van der Waals surface area contributed by atoms with Crippen LogP contribution < -0.4 is 0 Å². The van der Waals surface area contributed by atoms with Crippen molar-refractivity contribution in [1.29, 1.82) is 0 Å². The fraction of sp³-hybridized carbons (Fsp3) is 0.467. The highest BCUT2D eigenvalue weighted by Crippen LogP contribution is 2.30. The number of ether oxygens (including phenoxy) is 1. The molecule has 0 spiro atoms. The zero-order valence-electron chi connectivity index (χ0n) is 13.1. The van der Waals surface area contributed by atoms with Crippen molar-refractivity contribution >= 4 is 32.9 Å². The standard InChI is InChI=1S/C15H20N2O4S2/c1-3-13-14(18)17(10-7-11-21-2)15(22-13)16-23(19,20)12-8-5-4-6-9-12/h4-6,8-9,13H,3,7,10-11H2,1-2H3/t13-/m0/s1. The lowest BCUT2D eigenvalue weighted by atomic mass is 10.3. The molecule has 0 aliphatic carbocycles. The van der Waals surface area contributed by atoms with Gasteiger partial charge in [-0.1, -0.05) is 36.9 Å². The minimum Gasteiger partial charge on any atom is -0.385 e. The first-order chi connectivity index (χ1) is 11.0. The van der Waals surface area contributed by atoms with Gasteiger partial charge in [0.1, 0.15) is 0 Å². The third kappa shape index (κ3) is 4.33. The zero-order chi connectivity index (χ0) is 16.9. The Kier molecular flexibility index (Phi) is 6.20. The van der Waals surface area contributed by atoms with Crippen LogP contribution in [0.4, 0.5) is 0 Å². The topological polar surface area (TPSA) is 76.0 Å². The van der Waals surface area contributed by atoms with Crippen LogP contribution in [0.2, 0.25) is 0 Å². The maximum Gasteiger partial charge on any atom is 0.284 e. The summed E-state index contributed by atoms with van der Waals surface area (Å²) >= 11 is 1.21. The van der Waals surface area contributed by atoms with Gasteiger partial charge in [0.15, 0.2) is 5.17 Å². The minimum atomic E-state index is -3.82. The van der Waals surface area contributed by atoms with Gasteiger partial charge in [0, 0.05) is 20.3 Å². The van der Waals surface area contributed by atoms with Gasteiger partial charge >= 0.3 is 0 Å². The van der Waals surface area contributed by atoms with Crippen LogP contribution in [0.3, 0.4) is 0 Å². The lowest BCUT2D eigenvalue weighted by Crippen LogP contribution is -2.33. The van der Waals surface area contributed by atoms with E-state index in [2.05, 4.69) is 4.40 Å². The van der Waals surface area contributed by atoms with Crippen molar-refractivity contribution in [2.24, 2.45) is 4.40 Å². The SMILES string of the molecule is CC[C@@H]1SC(=NS(=O)(=O)c2ccccc2)N(CCCOC)C1=O. The molecule has 6 nitrogen and oxygen atoms in total. The van der Waals surface area contributed by atoms with Gasteiger partial charge in [-0.15, -0.1) is 4.40 Å². The Labute approximate surface area is 141 Å². The second-order valence-corrected chi connectivity index (χ2v) is 7.79. The number of rotatable bonds is 7. The lowest BCUT2D eigenvalue weighted by Gasteiger charge is -2.15. The van der Waals surface area contributed by atoms with Crippen molar-refractivity contribution in [2.45, 2.75) is 29.9 Å². The summed E-state index contributed by atoms with van der Waals surface area (Å²) in [6.07, 6.45) is 1.26. The Bertz CT molecular complexity index is 674. The first-order valence-electron chi connectivity index (χ1n) is 7.36. The van der Waals surface area contributed by atoms with E-state index in [0.717, 1.165) is 0 Å². The van der Waals surface area contributed by atoms with Crippen LogP contribution in [0.1, 0.15) is 19.8 Å². The van der Waals surface area contributed by atoms with Gasteiger partial charge < -0.3 is 4.74 Å². The van der Waals surface area contributed by atoms with E-state index in [1.54, 1.807) is 25.3 Å². The summed E-state index contributed by atoms with van der Waals surface area (Å²) in [5, 5.41) is -0.0240. The Morgan fingerprint density at radius 1 is 1.30 bits per heavy atom. The van der Waals surface area contributed by atoms with Crippen molar-refractivity contribution in [3.05, 3.63) is 30.3 Å². The molecule has 1 aliphatic heterocycles. The Morgan fingerprint density at radius 2 is 2.00 bits per heavy atom. The lowest BCUT2D eigenvalue weighted by molar-refractivity contribution is -0.126. The number of benzene rings is 1. The third-order valence-corrected chi connectivity index (χ3v) is 6.10. The average Bonchev–Trinajstić information content (AvgIpc) is 2.84. The summed E-state index contributed by atoms with van der Waals surface area (Å²) in [4.78, 5) is 13.9. The van der Waals surface area contributed by atoms with Crippen LogP contribution in [0.5, 0.6) is 0 Å². The molecule has 1 saturated heterocycles. The number of hydrogen-bond acceptors (Lipinski definition) is 5. The molecule has 23 heavy (non-hydrogen) atoms. The van der Waals surface area contributed by atoms with Gasteiger partial charge in [0.2, 0.25) is 5.91 Å². The first-order valence-corrected chi connectivity index (χ1v) is 9.68. The van der Waals surface area contributed by atoms with Crippen LogP contribution >= 0.6 is 11.8 Å². The molecule has 1 heterocycles. The smallest absolute Gasteiger partial charge is 0.284 e. The molecule has 1 amide bonds. The predicted molar refractivity (Wildman–Crippen MR) is 90.9 cm³/mol. The highest BCUT2D eigenvalue weighted by atomic mass is 32.2. The van der Waals surface area contributed by atoms with Gasteiger partial charge in [-0.05, 0) is 25.0 Å². The van der Waals surface area contributed by atoms with Crippen molar-refractivity contribution in [1.82, 2.24) is 4.90 Å². The van der Waals surface area contributed by atoms with Crippen LogP contribution in [-0.2, 0) is 19.6 Å². The molecule has 1 atom stereocenters. The van der Waals surface area contributed by atoms with E-state index in [0.29, 0.717) is 26.0 Å². The van der Waals surface area contributed by atoms with Gasteiger partial charge in [-0.3, -0.25) is 9.69 Å². The first kappa shape index (κ1) is 18.0. The number of nitrogens with zero attached hydrogens (tertiary/aromatic N) is 2. The summed E-state index contributed by atoms with van der Waals surface area (Å²) in [5.74, 6) is -0.0874. The van der Waals surface area contributed by atoms with Crippen LogP contribution in [0.25, 0.3) is 0 Å². The highest BCUT2D eigenvalue weighted by molar-refractivity contribution is 8.16. The average molecular weight is 356 g/mol. The van der Waals surface area contributed by atoms with Crippen LogP contribution in [-0.4, -0.2) is 49.9 Å². The number of thioether (sulfide) groups is 1. The number of amides is 1. The van der Waals surface area contributed by atoms with E-state index in [1.165, 1.54) is 28.8 Å². The van der Waals surface area contributed by atoms with E-state index in [1.807, 2.05) is 6.92 Å². The predicted octanol–water partition coefficient (Wildman–Crippen LogP) is 2.12. The molecular formula is C15H20N2O4S2. The zero-order valence-corrected chi connectivity index (χ0v) is 14.8. The summed E-state index contributed by atoms with van der Waals surface area (Å²) < 4.78 is 33.7. The number of methoxy groups -OCH3 is 1. The van der Waals surface area contributed by atoms with Gasteiger partial charge in [-0.25, -0.2) is 0 Å². The summed E-state index contributed by atoms with van der Waals surface area (Å²) in [6, 6.07) is 8.02. The largest absolute Gasteiger partial charge is 0.385 e. The van der Waals surface area contributed by atoms with Crippen molar-refractivity contribution in [2.75, 3.05) is 20.3 Å². The van der Waals surface area contributed by atoms with Gasteiger partial charge in [-0.2, -0.15) is 8.42 Å². The third-order valence-electron chi connectivity index (χ3n) is 3.36. The molecule has 1 aromatic carbocycles. The maximum absolute atomic E-state index is 12.4. The van der Waals surface area contributed by atoms with E-state index < -0.39 is 10.0 Å². The Balaban J connectivity index is 2.28. The second-order valence-electron chi connectivity index (χ2n) is 5.01. The molecule has 0 aromatic heterocycles. The minimum absolute atomic E-state index is 0.0874. The maximum atomic E-state index is 12.4. The summed E-state index contributed by atoms with van der Waals surface area (Å²) in [5.41, 5.74) is 0. The van der Waals surface area contributed by atoms with E-state index >= 15 is 0 Å². The van der Waals surface area contributed by atoms with Gasteiger partial charge in [0.25, 0.3) is 10.0 Å². The highest BCUT2D eigenvalue weighted by Gasteiger charge is 2.37. The monoisotopic (exact) mass is 356 g/mol. The molecule has 0 bridgehead atoms. The molecule has 126 valence electrons. The van der Waals surface area contributed by atoms with Crippen molar-refractivity contribution < 1.29 is 17.9 Å². The van der Waals surface area contributed by atoms with E-state index in [-0.39, 0.29) is 21.2 Å². The van der Waals surface area contributed by atoms with E-state index in [9.17, 15) is 13.2 Å². The number of amidine groups is 1. The van der Waals surface area contributed by atoms with Crippen molar-refractivity contribution in [3.8, 4) is 0 Å². The van der Waals surface area contributed by atoms with Crippen molar-refractivity contribution in [3.63, 3.8) is 0 Å². The molecule has 0 saturated carbocycles. The fourth-order valence-corrected chi connectivity index (χ4v) is 4.49. The number of carbonyl (C=O) groups is 1. The molecule has 1 aliphatic rings. The van der Waals surface area contributed by atoms with Crippen LogP contribution in [0, 0.1) is 0 Å². The van der Waals surface area contributed by atoms with E-state index in [4.69, 9.17) is 4.74 Å². The summed E-state index contributed by atoms with van der Waals surface area (Å²) in [7, 11) is -2.23. The normalized spacial score (nSPS) is 20.4. The second kappa shape index (κ2) is 7.94. The summed E-state index contributed by atoms with van der Waals surface area (Å²) in [6.45, 7) is 2.81. The molecule has 1 aromatic rings. The number of hydrogen-bond donors (Lipinski definition) is 0. The molecule has 1 fully saturated rings. The molecule has 8 heteroatoms. The number of sulfonamides is 1. The molecular weight excluding hydrogens is 336 g/mol. The molecule has 2 rings (SSSR count). The molecule has 0 radical (unpaired) electrons.